The van der Waals surface area contributed by atoms with Gasteiger partial charge in [-0.25, -0.2) is 4.79 Å². The number of anilines is 1. The number of likely N-dealkylation sites (N-methyl/N-ethyl adjacent to an activating group) is 1. The zero-order chi connectivity index (χ0) is 14.8. The van der Waals surface area contributed by atoms with Gasteiger partial charge >= 0.3 is 6.03 Å². The number of nitrogens with zero attached hydrogens (tertiary/aromatic N) is 3. The number of para-hydroxylation sites is 1. The summed E-state index contributed by atoms with van der Waals surface area (Å²) in [5.41, 5.74) is 0.673. The van der Waals surface area contributed by atoms with E-state index in [2.05, 4.69) is 22.2 Å². The molecule has 0 aromatic heterocycles. The van der Waals surface area contributed by atoms with Crippen LogP contribution in [-0.2, 0) is 0 Å². The molecule has 2 aliphatic heterocycles. The van der Waals surface area contributed by atoms with Crippen molar-refractivity contribution < 1.29 is 4.79 Å². The standard InChI is InChI=1S/C15H21ClN4O/c1-18-6-8-19(9-7-18)12-10-20(11-12)15(21)17-14-5-3-2-4-13(14)16/h2-5,12H,6-11H2,1H3,(H,17,21). The van der Waals surface area contributed by atoms with Gasteiger partial charge < -0.3 is 15.1 Å². The number of carbonyl (C=O) groups excluding carboxylic acids is 1. The van der Waals surface area contributed by atoms with Crippen molar-refractivity contribution >= 4 is 23.3 Å². The first-order valence-electron chi connectivity index (χ1n) is 7.36. The van der Waals surface area contributed by atoms with Crippen molar-refractivity contribution in [2.45, 2.75) is 6.04 Å². The number of amides is 2. The van der Waals surface area contributed by atoms with Crippen LogP contribution in [0.3, 0.4) is 0 Å². The van der Waals surface area contributed by atoms with E-state index in [4.69, 9.17) is 11.6 Å². The van der Waals surface area contributed by atoms with Crippen molar-refractivity contribution in [3.63, 3.8) is 0 Å². The minimum absolute atomic E-state index is 0.0616. The van der Waals surface area contributed by atoms with Crippen LogP contribution in [0, 0.1) is 0 Å². The first kappa shape index (κ1) is 14.6. The number of urea groups is 1. The molecule has 2 aliphatic rings. The van der Waals surface area contributed by atoms with Gasteiger partial charge in [-0.1, -0.05) is 23.7 Å². The normalized spacial score (nSPS) is 21.1. The number of nitrogens with one attached hydrogen (secondary N) is 1. The molecule has 6 heteroatoms. The summed E-state index contributed by atoms with van der Waals surface area (Å²) in [7, 11) is 2.15. The van der Waals surface area contributed by atoms with E-state index in [1.54, 1.807) is 6.07 Å². The van der Waals surface area contributed by atoms with E-state index in [0.29, 0.717) is 16.8 Å². The van der Waals surface area contributed by atoms with E-state index < -0.39 is 0 Å². The highest BCUT2D eigenvalue weighted by atomic mass is 35.5. The van der Waals surface area contributed by atoms with E-state index in [0.717, 1.165) is 39.3 Å². The summed E-state index contributed by atoms with van der Waals surface area (Å²) in [6.45, 7) is 6.03. The minimum Gasteiger partial charge on any atom is -0.321 e. The van der Waals surface area contributed by atoms with Gasteiger partial charge in [0.15, 0.2) is 0 Å². The molecule has 5 nitrogen and oxygen atoms in total. The second-order valence-corrected chi connectivity index (χ2v) is 6.22. The maximum Gasteiger partial charge on any atom is 0.321 e. The highest BCUT2D eigenvalue weighted by Gasteiger charge is 2.35. The number of likely N-dealkylation sites (tertiary alicyclic amines) is 1. The van der Waals surface area contributed by atoms with Crippen molar-refractivity contribution in [1.82, 2.24) is 14.7 Å². The number of rotatable bonds is 2. The topological polar surface area (TPSA) is 38.8 Å². The Kier molecular flexibility index (Phi) is 4.33. The third-order valence-corrected chi connectivity index (χ3v) is 4.65. The molecule has 3 rings (SSSR count). The highest BCUT2D eigenvalue weighted by molar-refractivity contribution is 6.33. The maximum atomic E-state index is 12.2. The predicted octanol–water partition coefficient (Wildman–Crippen LogP) is 1.80. The van der Waals surface area contributed by atoms with Crippen LogP contribution in [0.5, 0.6) is 0 Å². The average Bonchev–Trinajstić information content (AvgIpc) is 2.42. The molecule has 1 aromatic rings. The summed E-state index contributed by atoms with van der Waals surface area (Å²) in [6.07, 6.45) is 0. The van der Waals surface area contributed by atoms with E-state index in [1.807, 2.05) is 23.1 Å². The van der Waals surface area contributed by atoms with Gasteiger partial charge in [0.05, 0.1) is 10.7 Å². The molecule has 0 saturated carbocycles. The smallest absolute Gasteiger partial charge is 0.321 e. The maximum absolute atomic E-state index is 12.2. The number of hydrogen-bond acceptors (Lipinski definition) is 3. The molecule has 0 unspecified atom stereocenters. The molecular formula is C15H21ClN4O. The summed E-state index contributed by atoms with van der Waals surface area (Å²) in [6, 6.07) is 7.76. The molecule has 0 atom stereocenters. The zero-order valence-corrected chi connectivity index (χ0v) is 13.0. The van der Waals surface area contributed by atoms with Gasteiger partial charge in [0.1, 0.15) is 0 Å². The monoisotopic (exact) mass is 308 g/mol. The third-order valence-electron chi connectivity index (χ3n) is 4.32. The Morgan fingerprint density at radius 2 is 1.86 bits per heavy atom. The fourth-order valence-corrected chi connectivity index (χ4v) is 2.98. The van der Waals surface area contributed by atoms with Crippen molar-refractivity contribution in [2.24, 2.45) is 0 Å². The van der Waals surface area contributed by atoms with Crippen molar-refractivity contribution in [1.29, 1.82) is 0 Å². The van der Waals surface area contributed by atoms with Gasteiger partial charge in [-0.3, -0.25) is 4.90 Å². The van der Waals surface area contributed by atoms with Gasteiger partial charge in [-0.05, 0) is 19.2 Å². The Bertz CT molecular complexity index is 510. The number of benzene rings is 1. The fraction of sp³-hybridized carbons (Fsp3) is 0.533. The van der Waals surface area contributed by atoms with Gasteiger partial charge in [-0.2, -0.15) is 0 Å². The van der Waals surface area contributed by atoms with Gasteiger partial charge in [-0.15, -0.1) is 0 Å². The molecule has 1 aromatic carbocycles. The quantitative estimate of drug-likeness (QED) is 0.905. The molecule has 1 N–H and O–H groups in total. The molecule has 2 fully saturated rings. The Morgan fingerprint density at radius 1 is 1.19 bits per heavy atom. The lowest BCUT2D eigenvalue weighted by molar-refractivity contribution is 0.0318. The predicted molar refractivity (Wildman–Crippen MR) is 84.9 cm³/mol. The number of halogens is 1. The summed E-state index contributed by atoms with van der Waals surface area (Å²) >= 11 is 6.05. The fourth-order valence-electron chi connectivity index (χ4n) is 2.80. The molecule has 2 heterocycles. The summed E-state index contributed by atoms with van der Waals surface area (Å²) < 4.78 is 0. The first-order chi connectivity index (χ1) is 10.1. The van der Waals surface area contributed by atoms with Crippen molar-refractivity contribution in [3.8, 4) is 0 Å². The minimum atomic E-state index is -0.0616. The van der Waals surface area contributed by atoms with Crippen LogP contribution in [0.1, 0.15) is 0 Å². The van der Waals surface area contributed by atoms with Crippen LogP contribution in [0.2, 0.25) is 5.02 Å². The van der Waals surface area contributed by atoms with Crippen LogP contribution in [0.4, 0.5) is 10.5 Å². The Hall–Kier alpha value is -1.30. The highest BCUT2D eigenvalue weighted by Crippen LogP contribution is 2.23. The number of carbonyl (C=O) groups is 1. The van der Waals surface area contributed by atoms with Gasteiger partial charge in [0.25, 0.3) is 0 Å². The van der Waals surface area contributed by atoms with Crippen LogP contribution < -0.4 is 5.32 Å². The van der Waals surface area contributed by atoms with Crippen LogP contribution in [0.25, 0.3) is 0 Å². The van der Waals surface area contributed by atoms with Crippen LogP contribution in [0.15, 0.2) is 24.3 Å². The Balaban J connectivity index is 1.48. The SMILES string of the molecule is CN1CCN(C2CN(C(=O)Nc3ccccc3Cl)C2)CC1. The van der Waals surface area contributed by atoms with Crippen molar-refractivity contribution in [3.05, 3.63) is 29.3 Å². The van der Waals surface area contributed by atoms with Gasteiger partial charge in [0.2, 0.25) is 0 Å². The Morgan fingerprint density at radius 3 is 2.52 bits per heavy atom. The molecule has 21 heavy (non-hydrogen) atoms. The lowest BCUT2D eigenvalue weighted by Gasteiger charge is -2.47. The first-order valence-corrected chi connectivity index (χ1v) is 7.74. The van der Waals surface area contributed by atoms with E-state index in [9.17, 15) is 4.79 Å². The summed E-state index contributed by atoms with van der Waals surface area (Å²) in [4.78, 5) is 18.8. The van der Waals surface area contributed by atoms with E-state index >= 15 is 0 Å². The summed E-state index contributed by atoms with van der Waals surface area (Å²) in [5, 5.41) is 3.44. The zero-order valence-electron chi connectivity index (χ0n) is 12.3. The number of piperazine rings is 1. The molecule has 2 amide bonds. The second-order valence-electron chi connectivity index (χ2n) is 5.81. The molecular weight excluding hydrogens is 288 g/mol. The van der Waals surface area contributed by atoms with E-state index in [1.165, 1.54) is 0 Å². The summed E-state index contributed by atoms with van der Waals surface area (Å²) in [5.74, 6) is 0. The molecule has 114 valence electrons. The number of hydrogen-bond donors (Lipinski definition) is 1. The van der Waals surface area contributed by atoms with Crippen LogP contribution in [-0.4, -0.2) is 73.1 Å². The molecule has 0 radical (unpaired) electrons. The Labute approximate surface area is 130 Å². The lowest BCUT2D eigenvalue weighted by atomic mass is 10.1. The van der Waals surface area contributed by atoms with Crippen LogP contribution >= 0.6 is 11.6 Å². The molecule has 0 spiro atoms. The largest absolute Gasteiger partial charge is 0.321 e. The lowest BCUT2D eigenvalue weighted by Crippen LogP contribution is -2.64. The van der Waals surface area contributed by atoms with Crippen molar-refractivity contribution in [2.75, 3.05) is 51.6 Å². The molecule has 0 aliphatic carbocycles. The second kappa shape index (κ2) is 6.22. The third kappa shape index (κ3) is 3.31. The molecule has 2 saturated heterocycles. The van der Waals surface area contributed by atoms with Gasteiger partial charge in [0, 0.05) is 45.3 Å². The molecule has 0 bridgehead atoms. The van der Waals surface area contributed by atoms with E-state index in [-0.39, 0.29) is 6.03 Å². The average molecular weight is 309 g/mol.